The monoisotopic (exact) mass is 256 g/mol. The molecular formula is C12H20N2O4. The van der Waals surface area contributed by atoms with Crippen LogP contribution in [-0.2, 0) is 9.53 Å². The molecule has 2 aliphatic heterocycles. The van der Waals surface area contributed by atoms with Gasteiger partial charge in [0, 0.05) is 13.2 Å². The second kappa shape index (κ2) is 5.14. The van der Waals surface area contributed by atoms with Crippen LogP contribution in [0.4, 0.5) is 4.79 Å². The SMILES string of the molecule is CC1(C(=O)O)CCCCN1C(=O)NC1CCOC1. The number of carbonyl (C=O) groups is 2. The fraction of sp³-hybridized carbons (Fsp3) is 0.833. The van der Waals surface area contributed by atoms with Crippen LogP contribution in [0.15, 0.2) is 0 Å². The van der Waals surface area contributed by atoms with E-state index >= 15 is 0 Å². The highest BCUT2D eigenvalue weighted by Crippen LogP contribution is 2.28. The molecule has 0 aliphatic carbocycles. The third-order valence-corrected chi connectivity index (χ3v) is 3.85. The van der Waals surface area contributed by atoms with Gasteiger partial charge in [0.2, 0.25) is 0 Å². The van der Waals surface area contributed by atoms with Crippen LogP contribution in [0.25, 0.3) is 0 Å². The van der Waals surface area contributed by atoms with Crippen LogP contribution in [0, 0.1) is 0 Å². The second-order valence-electron chi connectivity index (χ2n) is 5.20. The van der Waals surface area contributed by atoms with Crippen LogP contribution < -0.4 is 5.32 Å². The number of nitrogens with zero attached hydrogens (tertiary/aromatic N) is 1. The molecule has 2 amide bonds. The van der Waals surface area contributed by atoms with E-state index in [4.69, 9.17) is 4.74 Å². The van der Waals surface area contributed by atoms with Crippen LogP contribution in [0.2, 0.25) is 0 Å². The lowest BCUT2D eigenvalue weighted by Gasteiger charge is -2.41. The zero-order chi connectivity index (χ0) is 13.2. The number of hydrogen-bond acceptors (Lipinski definition) is 3. The Morgan fingerprint density at radius 1 is 1.44 bits per heavy atom. The molecule has 2 unspecified atom stereocenters. The van der Waals surface area contributed by atoms with E-state index in [1.807, 2.05) is 0 Å². The average Bonchev–Trinajstić information content (AvgIpc) is 2.82. The number of aliphatic carboxylic acids is 1. The van der Waals surface area contributed by atoms with Gasteiger partial charge in [-0.1, -0.05) is 0 Å². The van der Waals surface area contributed by atoms with Crippen molar-refractivity contribution >= 4 is 12.0 Å². The van der Waals surface area contributed by atoms with Crippen molar-refractivity contribution in [1.82, 2.24) is 10.2 Å². The predicted octanol–water partition coefficient (Wildman–Crippen LogP) is 0.814. The van der Waals surface area contributed by atoms with Crippen molar-refractivity contribution in [2.45, 2.75) is 44.2 Å². The van der Waals surface area contributed by atoms with Gasteiger partial charge in [-0.05, 0) is 32.6 Å². The Bertz CT molecular complexity index is 341. The van der Waals surface area contributed by atoms with Crippen molar-refractivity contribution in [2.24, 2.45) is 0 Å². The lowest BCUT2D eigenvalue weighted by Crippen LogP contribution is -2.61. The first-order valence-corrected chi connectivity index (χ1v) is 6.43. The number of carboxylic acid groups (broad SMARTS) is 1. The molecule has 0 aromatic rings. The molecule has 0 saturated carbocycles. The lowest BCUT2D eigenvalue weighted by molar-refractivity contribution is -0.150. The zero-order valence-electron chi connectivity index (χ0n) is 10.6. The molecular weight excluding hydrogens is 236 g/mol. The van der Waals surface area contributed by atoms with Crippen molar-refractivity contribution in [3.63, 3.8) is 0 Å². The summed E-state index contributed by atoms with van der Waals surface area (Å²) in [6.07, 6.45) is 3.01. The van der Waals surface area contributed by atoms with Crippen LogP contribution in [0.1, 0.15) is 32.6 Å². The van der Waals surface area contributed by atoms with Crippen LogP contribution in [-0.4, -0.2) is 53.3 Å². The summed E-state index contributed by atoms with van der Waals surface area (Å²) in [5.41, 5.74) is -1.08. The summed E-state index contributed by atoms with van der Waals surface area (Å²) in [6.45, 7) is 3.30. The minimum Gasteiger partial charge on any atom is -0.480 e. The number of carbonyl (C=O) groups excluding carboxylic acids is 1. The Morgan fingerprint density at radius 3 is 2.83 bits per heavy atom. The molecule has 102 valence electrons. The number of carboxylic acids is 1. The number of piperidine rings is 1. The Morgan fingerprint density at radius 2 is 2.22 bits per heavy atom. The van der Waals surface area contributed by atoms with Gasteiger partial charge in [0.25, 0.3) is 0 Å². The molecule has 0 aromatic carbocycles. The normalized spacial score (nSPS) is 32.3. The smallest absolute Gasteiger partial charge is 0.329 e. The molecule has 2 saturated heterocycles. The molecule has 2 aliphatic rings. The van der Waals surface area contributed by atoms with Gasteiger partial charge in [-0.25, -0.2) is 9.59 Å². The summed E-state index contributed by atoms with van der Waals surface area (Å²) in [6, 6.07) is -0.271. The van der Waals surface area contributed by atoms with Gasteiger partial charge < -0.3 is 20.1 Å². The number of hydrogen-bond donors (Lipinski definition) is 2. The topological polar surface area (TPSA) is 78.9 Å². The van der Waals surface area contributed by atoms with Gasteiger partial charge >= 0.3 is 12.0 Å². The van der Waals surface area contributed by atoms with E-state index in [0.717, 1.165) is 19.3 Å². The fourth-order valence-electron chi connectivity index (χ4n) is 2.57. The molecule has 2 fully saturated rings. The zero-order valence-corrected chi connectivity index (χ0v) is 10.6. The molecule has 6 nitrogen and oxygen atoms in total. The molecule has 0 spiro atoms. The first-order valence-electron chi connectivity index (χ1n) is 6.43. The number of urea groups is 1. The molecule has 2 heterocycles. The second-order valence-corrected chi connectivity index (χ2v) is 5.20. The minimum absolute atomic E-state index is 0.0115. The van der Waals surface area contributed by atoms with Gasteiger partial charge in [-0.15, -0.1) is 0 Å². The fourth-order valence-corrected chi connectivity index (χ4v) is 2.57. The summed E-state index contributed by atoms with van der Waals surface area (Å²) >= 11 is 0. The largest absolute Gasteiger partial charge is 0.480 e. The van der Waals surface area contributed by atoms with Crippen molar-refractivity contribution < 1.29 is 19.4 Å². The third kappa shape index (κ3) is 2.43. The van der Waals surface area contributed by atoms with Crippen LogP contribution in [0.5, 0.6) is 0 Å². The van der Waals surface area contributed by atoms with E-state index < -0.39 is 11.5 Å². The van der Waals surface area contributed by atoms with Gasteiger partial charge in [-0.3, -0.25) is 0 Å². The van der Waals surface area contributed by atoms with E-state index in [0.29, 0.717) is 26.2 Å². The Labute approximate surface area is 106 Å². The van der Waals surface area contributed by atoms with Crippen LogP contribution in [0.3, 0.4) is 0 Å². The quantitative estimate of drug-likeness (QED) is 0.766. The highest BCUT2D eigenvalue weighted by atomic mass is 16.5. The molecule has 2 N–H and O–H groups in total. The van der Waals surface area contributed by atoms with Crippen molar-refractivity contribution in [3.05, 3.63) is 0 Å². The highest BCUT2D eigenvalue weighted by Gasteiger charge is 2.44. The number of amides is 2. The van der Waals surface area contributed by atoms with E-state index in [1.165, 1.54) is 4.90 Å². The van der Waals surface area contributed by atoms with Gasteiger partial charge in [0.05, 0.1) is 12.6 Å². The van der Waals surface area contributed by atoms with Gasteiger partial charge in [0.1, 0.15) is 5.54 Å². The standard InChI is InChI=1S/C12H20N2O4/c1-12(10(15)16)5-2-3-6-14(12)11(17)13-9-4-7-18-8-9/h9H,2-8H2,1H3,(H,13,17)(H,15,16). The summed E-state index contributed by atoms with van der Waals surface area (Å²) in [7, 11) is 0. The Balaban J connectivity index is 2.03. The molecule has 0 aromatic heterocycles. The first kappa shape index (κ1) is 13.1. The Kier molecular flexibility index (Phi) is 3.75. The highest BCUT2D eigenvalue weighted by molar-refractivity contribution is 5.86. The number of ether oxygens (including phenoxy) is 1. The minimum atomic E-state index is -1.08. The summed E-state index contributed by atoms with van der Waals surface area (Å²) in [5.74, 6) is -0.931. The molecule has 6 heteroatoms. The summed E-state index contributed by atoms with van der Waals surface area (Å²) < 4.78 is 5.20. The maximum absolute atomic E-state index is 12.2. The number of nitrogens with one attached hydrogen (secondary N) is 1. The molecule has 2 atom stereocenters. The molecule has 0 radical (unpaired) electrons. The third-order valence-electron chi connectivity index (χ3n) is 3.85. The molecule has 2 rings (SSSR count). The molecule has 0 bridgehead atoms. The van der Waals surface area contributed by atoms with E-state index in [9.17, 15) is 14.7 Å². The van der Waals surface area contributed by atoms with Crippen molar-refractivity contribution in [2.75, 3.05) is 19.8 Å². The molecule has 18 heavy (non-hydrogen) atoms. The number of likely N-dealkylation sites (tertiary alicyclic amines) is 1. The van der Waals surface area contributed by atoms with Crippen LogP contribution >= 0.6 is 0 Å². The van der Waals surface area contributed by atoms with Crippen molar-refractivity contribution in [3.8, 4) is 0 Å². The lowest BCUT2D eigenvalue weighted by atomic mass is 9.89. The summed E-state index contributed by atoms with van der Waals surface area (Å²) in [5, 5.41) is 12.2. The Hall–Kier alpha value is -1.30. The average molecular weight is 256 g/mol. The van der Waals surface area contributed by atoms with E-state index in [1.54, 1.807) is 6.92 Å². The maximum Gasteiger partial charge on any atom is 0.329 e. The van der Waals surface area contributed by atoms with Crippen molar-refractivity contribution in [1.29, 1.82) is 0 Å². The van der Waals surface area contributed by atoms with E-state index in [2.05, 4.69) is 5.32 Å². The maximum atomic E-state index is 12.2. The van der Waals surface area contributed by atoms with Gasteiger partial charge in [0.15, 0.2) is 0 Å². The predicted molar refractivity (Wildman–Crippen MR) is 64.4 cm³/mol. The van der Waals surface area contributed by atoms with Gasteiger partial charge in [-0.2, -0.15) is 0 Å². The first-order chi connectivity index (χ1) is 8.54. The number of rotatable bonds is 2. The summed E-state index contributed by atoms with van der Waals surface area (Å²) in [4.78, 5) is 25.0. The van der Waals surface area contributed by atoms with E-state index in [-0.39, 0.29) is 12.1 Å².